The molecule has 162 valence electrons. The second-order valence-electron chi connectivity index (χ2n) is 9.40. The SMILES string of the molecule is Brc1ccc2c(c1)C1=CC(Br)CC=C1C21c2ccccc2-c2c1ccc1c2oc2ccccc21. The van der Waals surface area contributed by atoms with E-state index in [4.69, 9.17) is 4.42 Å². The van der Waals surface area contributed by atoms with Gasteiger partial charge in [0.1, 0.15) is 11.2 Å². The minimum absolute atomic E-state index is 0.325. The molecule has 2 unspecified atom stereocenters. The lowest BCUT2D eigenvalue weighted by atomic mass is 9.69. The lowest BCUT2D eigenvalue weighted by molar-refractivity contribution is 0.669. The largest absolute Gasteiger partial charge is 0.455 e. The minimum Gasteiger partial charge on any atom is -0.455 e. The lowest BCUT2D eigenvalue weighted by Crippen LogP contribution is -2.26. The van der Waals surface area contributed by atoms with Crippen molar-refractivity contribution in [2.45, 2.75) is 16.7 Å². The van der Waals surface area contributed by atoms with Gasteiger partial charge in [-0.2, -0.15) is 0 Å². The molecule has 34 heavy (non-hydrogen) atoms. The Hall–Kier alpha value is -2.88. The van der Waals surface area contributed by atoms with Gasteiger partial charge in [-0.3, -0.25) is 0 Å². The van der Waals surface area contributed by atoms with E-state index in [1.54, 1.807) is 0 Å². The van der Waals surface area contributed by atoms with E-state index >= 15 is 0 Å². The van der Waals surface area contributed by atoms with Crippen LogP contribution in [0.5, 0.6) is 0 Å². The van der Waals surface area contributed by atoms with Crippen molar-refractivity contribution in [3.8, 4) is 11.1 Å². The van der Waals surface area contributed by atoms with E-state index in [2.05, 4.69) is 117 Å². The summed E-state index contributed by atoms with van der Waals surface area (Å²) < 4.78 is 7.68. The monoisotopic (exact) mass is 564 g/mol. The van der Waals surface area contributed by atoms with Crippen LogP contribution in [0.25, 0.3) is 38.6 Å². The van der Waals surface area contributed by atoms with Crippen LogP contribution in [0.4, 0.5) is 0 Å². The van der Waals surface area contributed by atoms with Gasteiger partial charge in [-0.25, -0.2) is 0 Å². The minimum atomic E-state index is -0.325. The van der Waals surface area contributed by atoms with Gasteiger partial charge in [-0.05, 0) is 63.6 Å². The molecule has 1 aromatic heterocycles. The molecule has 3 heteroatoms. The smallest absolute Gasteiger partial charge is 0.143 e. The van der Waals surface area contributed by atoms with Crippen LogP contribution < -0.4 is 0 Å². The van der Waals surface area contributed by atoms with Crippen molar-refractivity contribution in [3.05, 3.63) is 123 Å². The Bertz CT molecular complexity index is 1770. The molecule has 0 fully saturated rings. The van der Waals surface area contributed by atoms with Gasteiger partial charge in [0.2, 0.25) is 0 Å². The summed E-state index contributed by atoms with van der Waals surface area (Å²) in [7, 11) is 0. The Balaban J connectivity index is 1.58. The van der Waals surface area contributed by atoms with Gasteiger partial charge < -0.3 is 4.42 Å². The molecule has 1 heterocycles. The molecule has 0 aliphatic heterocycles. The molecular formula is C31H18Br2O. The average Bonchev–Trinajstić information content (AvgIpc) is 3.47. The molecule has 2 atom stereocenters. The van der Waals surface area contributed by atoms with Gasteiger partial charge in [0.25, 0.3) is 0 Å². The summed E-state index contributed by atoms with van der Waals surface area (Å²) in [6.07, 6.45) is 5.84. The highest BCUT2D eigenvalue weighted by molar-refractivity contribution is 9.10. The first-order chi connectivity index (χ1) is 16.7. The first kappa shape index (κ1) is 19.4. The zero-order chi connectivity index (χ0) is 22.6. The van der Waals surface area contributed by atoms with Crippen molar-refractivity contribution in [1.82, 2.24) is 0 Å². The van der Waals surface area contributed by atoms with Crippen LogP contribution in [-0.2, 0) is 5.41 Å². The molecule has 0 saturated heterocycles. The molecular weight excluding hydrogens is 548 g/mol. The molecule has 3 aliphatic carbocycles. The van der Waals surface area contributed by atoms with Crippen molar-refractivity contribution in [1.29, 1.82) is 0 Å². The normalized spacial score (nSPS) is 21.9. The molecule has 0 saturated carbocycles. The number of alkyl halides is 1. The molecule has 1 spiro atoms. The number of furan rings is 1. The molecule has 0 N–H and O–H groups in total. The predicted molar refractivity (Wildman–Crippen MR) is 147 cm³/mol. The number of allylic oxidation sites excluding steroid dienone is 4. The zero-order valence-corrected chi connectivity index (χ0v) is 21.3. The third-order valence-electron chi connectivity index (χ3n) is 7.82. The molecule has 0 bridgehead atoms. The fraction of sp³-hybridized carbons (Fsp3) is 0.0968. The molecule has 4 aromatic carbocycles. The van der Waals surface area contributed by atoms with Crippen molar-refractivity contribution in [2.75, 3.05) is 0 Å². The third kappa shape index (κ3) is 2.21. The van der Waals surface area contributed by atoms with Gasteiger partial charge in [-0.15, -0.1) is 0 Å². The first-order valence-electron chi connectivity index (χ1n) is 11.6. The third-order valence-corrected chi connectivity index (χ3v) is 8.95. The van der Waals surface area contributed by atoms with Crippen LogP contribution in [0.2, 0.25) is 0 Å². The van der Waals surface area contributed by atoms with Gasteiger partial charge in [0.15, 0.2) is 0 Å². The van der Waals surface area contributed by atoms with Crippen molar-refractivity contribution >= 4 is 59.4 Å². The molecule has 0 amide bonds. The van der Waals surface area contributed by atoms with Crippen molar-refractivity contribution < 1.29 is 4.42 Å². The van der Waals surface area contributed by atoms with E-state index in [1.807, 2.05) is 6.07 Å². The summed E-state index contributed by atoms with van der Waals surface area (Å²) in [5.41, 5.74) is 12.2. The van der Waals surface area contributed by atoms with E-state index in [0.29, 0.717) is 4.83 Å². The number of hydrogen-bond acceptors (Lipinski definition) is 1. The fourth-order valence-electron chi connectivity index (χ4n) is 6.60. The van der Waals surface area contributed by atoms with Crippen LogP contribution in [0, 0.1) is 0 Å². The van der Waals surface area contributed by atoms with Gasteiger partial charge in [0, 0.05) is 25.6 Å². The second-order valence-corrected chi connectivity index (χ2v) is 11.5. The Morgan fingerprint density at radius 3 is 2.53 bits per heavy atom. The maximum atomic E-state index is 6.57. The number of hydrogen-bond donors (Lipinski definition) is 0. The summed E-state index contributed by atoms with van der Waals surface area (Å²) in [6, 6.07) is 28.7. The maximum absolute atomic E-state index is 6.57. The molecule has 0 radical (unpaired) electrons. The highest BCUT2D eigenvalue weighted by Gasteiger charge is 2.54. The molecule has 1 nitrogen and oxygen atoms in total. The topological polar surface area (TPSA) is 13.1 Å². The number of para-hydroxylation sites is 1. The van der Waals surface area contributed by atoms with Gasteiger partial charge >= 0.3 is 0 Å². The Kier molecular flexibility index (Phi) is 3.78. The summed E-state index contributed by atoms with van der Waals surface area (Å²) >= 11 is 7.60. The summed E-state index contributed by atoms with van der Waals surface area (Å²) in [4.78, 5) is 0.349. The van der Waals surface area contributed by atoms with E-state index in [9.17, 15) is 0 Å². The standard InChI is InChI=1S/C31H18Br2O/c32-17-9-12-25-22(15-17)23-16-18(33)10-13-26(23)31(25)24-7-3-1-6-21(24)29-27(31)14-11-20-19-5-2-4-8-28(19)34-30(20)29/h1-9,11-16,18H,10H2. The Labute approximate surface area is 214 Å². The van der Waals surface area contributed by atoms with Gasteiger partial charge in [0.05, 0.1) is 5.41 Å². The number of benzene rings is 4. The van der Waals surface area contributed by atoms with E-state index in [0.717, 1.165) is 22.1 Å². The van der Waals surface area contributed by atoms with Crippen LogP contribution in [0.15, 0.2) is 105 Å². The lowest BCUT2D eigenvalue weighted by Gasteiger charge is -2.32. The fourth-order valence-corrected chi connectivity index (χ4v) is 7.42. The number of fused-ring (bicyclic) bond motifs is 14. The van der Waals surface area contributed by atoms with Crippen LogP contribution in [0.3, 0.4) is 0 Å². The Morgan fingerprint density at radius 2 is 1.59 bits per heavy atom. The van der Waals surface area contributed by atoms with Gasteiger partial charge in [-0.1, -0.05) is 105 Å². The molecule has 5 aromatic rings. The van der Waals surface area contributed by atoms with E-state index < -0.39 is 0 Å². The zero-order valence-electron chi connectivity index (χ0n) is 18.1. The Morgan fingerprint density at radius 1 is 0.794 bits per heavy atom. The maximum Gasteiger partial charge on any atom is 0.143 e. The summed E-state index contributed by atoms with van der Waals surface area (Å²) in [5, 5.41) is 2.36. The highest BCUT2D eigenvalue weighted by Crippen LogP contribution is 2.65. The highest BCUT2D eigenvalue weighted by atomic mass is 79.9. The molecule has 3 aliphatic rings. The summed E-state index contributed by atoms with van der Waals surface area (Å²) in [6.45, 7) is 0. The predicted octanol–water partition coefficient (Wildman–Crippen LogP) is 9.15. The van der Waals surface area contributed by atoms with Crippen LogP contribution in [0.1, 0.15) is 28.7 Å². The van der Waals surface area contributed by atoms with E-state index in [-0.39, 0.29) is 5.41 Å². The average molecular weight is 566 g/mol. The number of rotatable bonds is 0. The van der Waals surface area contributed by atoms with Crippen LogP contribution >= 0.6 is 31.9 Å². The van der Waals surface area contributed by atoms with E-state index in [1.165, 1.54) is 55.3 Å². The second kappa shape index (κ2) is 6.62. The molecule has 8 rings (SSSR count). The van der Waals surface area contributed by atoms with Crippen molar-refractivity contribution in [3.63, 3.8) is 0 Å². The first-order valence-corrected chi connectivity index (χ1v) is 13.3. The summed E-state index contributed by atoms with van der Waals surface area (Å²) in [5.74, 6) is 0. The quantitative estimate of drug-likeness (QED) is 0.171. The van der Waals surface area contributed by atoms with Crippen LogP contribution in [-0.4, -0.2) is 4.83 Å². The van der Waals surface area contributed by atoms with Crippen molar-refractivity contribution in [2.24, 2.45) is 0 Å². The number of halogens is 2.